The van der Waals surface area contributed by atoms with Crippen LogP contribution in [-0.4, -0.2) is 27.1 Å². The third-order valence-electron chi connectivity index (χ3n) is 3.21. The highest BCUT2D eigenvalue weighted by molar-refractivity contribution is 5.67. The van der Waals surface area contributed by atoms with Crippen LogP contribution in [0.1, 0.15) is 11.1 Å². The lowest BCUT2D eigenvalue weighted by molar-refractivity contribution is 0.0491. The molecular weight excluding hydrogens is 310 g/mol. The van der Waals surface area contributed by atoms with Gasteiger partial charge in [-0.1, -0.05) is 36.4 Å². The van der Waals surface area contributed by atoms with Crippen LogP contribution in [0.5, 0.6) is 11.5 Å². The van der Waals surface area contributed by atoms with E-state index >= 15 is 0 Å². The molecule has 0 aliphatic heterocycles. The van der Waals surface area contributed by atoms with Gasteiger partial charge in [0.1, 0.15) is 6.61 Å². The number of carbonyl (C=O) groups excluding carboxylic acids is 1. The third kappa shape index (κ3) is 5.48. The van der Waals surface area contributed by atoms with E-state index in [1.54, 1.807) is 26.4 Å². The van der Waals surface area contributed by atoms with Gasteiger partial charge in [-0.2, -0.15) is 0 Å². The SMILES string of the molecule is COCOc1ccc(CNC(=O)OCc2ccccc2)cc1OC. The van der Waals surface area contributed by atoms with Crippen LogP contribution in [0.3, 0.4) is 0 Å². The molecule has 2 aromatic carbocycles. The van der Waals surface area contributed by atoms with Gasteiger partial charge >= 0.3 is 6.09 Å². The lowest BCUT2D eigenvalue weighted by Crippen LogP contribution is -2.23. The van der Waals surface area contributed by atoms with Gasteiger partial charge in [0.2, 0.25) is 0 Å². The number of nitrogens with one attached hydrogen (secondary N) is 1. The molecule has 0 aliphatic rings. The second-order valence-corrected chi connectivity index (χ2v) is 4.95. The molecule has 6 nitrogen and oxygen atoms in total. The van der Waals surface area contributed by atoms with Gasteiger partial charge in [0, 0.05) is 13.7 Å². The van der Waals surface area contributed by atoms with Gasteiger partial charge in [0.25, 0.3) is 0 Å². The van der Waals surface area contributed by atoms with E-state index in [2.05, 4.69) is 5.32 Å². The number of benzene rings is 2. The summed E-state index contributed by atoms with van der Waals surface area (Å²) in [5.41, 5.74) is 1.81. The maximum absolute atomic E-state index is 11.7. The van der Waals surface area contributed by atoms with E-state index in [9.17, 15) is 4.79 Å². The number of amides is 1. The van der Waals surface area contributed by atoms with Crippen LogP contribution in [0.4, 0.5) is 4.79 Å². The van der Waals surface area contributed by atoms with Crippen molar-refractivity contribution in [2.24, 2.45) is 0 Å². The van der Waals surface area contributed by atoms with Gasteiger partial charge in [-0.15, -0.1) is 0 Å². The van der Waals surface area contributed by atoms with E-state index in [0.717, 1.165) is 11.1 Å². The quantitative estimate of drug-likeness (QED) is 0.753. The average Bonchev–Trinajstić information content (AvgIpc) is 2.64. The summed E-state index contributed by atoms with van der Waals surface area (Å²) in [6.45, 7) is 0.702. The van der Waals surface area contributed by atoms with Crippen LogP contribution < -0.4 is 14.8 Å². The van der Waals surface area contributed by atoms with Crippen LogP contribution in [0.2, 0.25) is 0 Å². The Bertz CT molecular complexity index is 645. The largest absolute Gasteiger partial charge is 0.493 e. The smallest absolute Gasteiger partial charge is 0.407 e. The van der Waals surface area contributed by atoms with Crippen LogP contribution >= 0.6 is 0 Å². The highest BCUT2D eigenvalue weighted by Crippen LogP contribution is 2.28. The van der Waals surface area contributed by atoms with Crippen LogP contribution in [0.15, 0.2) is 48.5 Å². The first kappa shape index (κ1) is 17.6. The molecule has 2 rings (SSSR count). The molecule has 24 heavy (non-hydrogen) atoms. The zero-order valence-corrected chi connectivity index (χ0v) is 13.8. The van der Waals surface area contributed by atoms with E-state index in [1.165, 1.54) is 0 Å². The molecule has 0 bridgehead atoms. The average molecular weight is 331 g/mol. The first-order valence-electron chi connectivity index (χ1n) is 7.46. The van der Waals surface area contributed by atoms with E-state index in [0.29, 0.717) is 18.0 Å². The number of carbonyl (C=O) groups is 1. The Balaban J connectivity index is 1.83. The Labute approximate surface area is 141 Å². The number of hydrogen-bond donors (Lipinski definition) is 1. The van der Waals surface area contributed by atoms with Gasteiger partial charge in [0.05, 0.1) is 7.11 Å². The normalized spacial score (nSPS) is 10.1. The second kappa shape index (κ2) is 9.42. The Morgan fingerprint density at radius 3 is 2.50 bits per heavy atom. The van der Waals surface area contributed by atoms with Crippen molar-refractivity contribution >= 4 is 6.09 Å². The van der Waals surface area contributed by atoms with Crippen molar-refractivity contribution in [3.63, 3.8) is 0 Å². The van der Waals surface area contributed by atoms with E-state index in [-0.39, 0.29) is 13.4 Å². The molecule has 0 unspecified atom stereocenters. The molecule has 0 aromatic heterocycles. The van der Waals surface area contributed by atoms with Crippen molar-refractivity contribution in [1.29, 1.82) is 0 Å². The standard InChI is InChI=1S/C18H21NO5/c1-21-13-24-16-9-8-15(10-17(16)22-2)11-19-18(20)23-12-14-6-4-3-5-7-14/h3-10H,11-13H2,1-2H3,(H,19,20). The Morgan fingerprint density at radius 2 is 1.79 bits per heavy atom. The summed E-state index contributed by atoms with van der Waals surface area (Å²) in [5.74, 6) is 1.15. The fraction of sp³-hybridized carbons (Fsp3) is 0.278. The number of alkyl carbamates (subject to hydrolysis) is 1. The number of ether oxygens (including phenoxy) is 4. The van der Waals surface area contributed by atoms with Crippen LogP contribution in [0.25, 0.3) is 0 Å². The van der Waals surface area contributed by atoms with E-state index in [1.807, 2.05) is 36.4 Å². The maximum Gasteiger partial charge on any atom is 0.407 e. The summed E-state index contributed by atoms with van der Waals surface area (Å²) in [6, 6.07) is 14.9. The Kier molecular flexibility index (Phi) is 6.91. The third-order valence-corrected chi connectivity index (χ3v) is 3.21. The first-order chi connectivity index (χ1) is 11.7. The monoisotopic (exact) mass is 331 g/mol. The predicted molar refractivity (Wildman–Crippen MR) is 89.0 cm³/mol. The second-order valence-electron chi connectivity index (χ2n) is 4.95. The number of rotatable bonds is 8. The molecule has 0 saturated heterocycles. The summed E-state index contributed by atoms with van der Waals surface area (Å²) >= 11 is 0. The van der Waals surface area contributed by atoms with Crippen LogP contribution in [0, 0.1) is 0 Å². The fourth-order valence-electron chi connectivity index (χ4n) is 2.01. The summed E-state index contributed by atoms with van der Waals surface area (Å²) in [6.07, 6.45) is -0.475. The fourth-order valence-corrected chi connectivity index (χ4v) is 2.01. The molecule has 0 heterocycles. The van der Waals surface area contributed by atoms with Gasteiger partial charge in [-0.25, -0.2) is 4.79 Å². The van der Waals surface area contributed by atoms with Crippen molar-refractivity contribution < 1.29 is 23.7 Å². The molecule has 0 fully saturated rings. The minimum absolute atomic E-state index is 0.139. The zero-order valence-electron chi connectivity index (χ0n) is 13.8. The summed E-state index contributed by atoms with van der Waals surface area (Å²) in [7, 11) is 3.10. The van der Waals surface area contributed by atoms with Crippen molar-refractivity contribution in [2.45, 2.75) is 13.2 Å². The molecule has 1 N–H and O–H groups in total. The molecule has 0 radical (unpaired) electrons. The van der Waals surface area contributed by atoms with Gasteiger partial charge in [-0.3, -0.25) is 0 Å². The van der Waals surface area contributed by atoms with E-state index in [4.69, 9.17) is 18.9 Å². The first-order valence-corrected chi connectivity index (χ1v) is 7.46. The molecule has 6 heteroatoms. The van der Waals surface area contributed by atoms with Gasteiger partial charge < -0.3 is 24.3 Å². The molecular formula is C18H21NO5. The maximum atomic E-state index is 11.7. The lowest BCUT2D eigenvalue weighted by Gasteiger charge is -2.12. The van der Waals surface area contributed by atoms with Gasteiger partial charge in [-0.05, 0) is 23.3 Å². The summed E-state index contributed by atoms with van der Waals surface area (Å²) < 4.78 is 20.7. The van der Waals surface area contributed by atoms with Crippen molar-refractivity contribution in [3.05, 3.63) is 59.7 Å². The van der Waals surface area contributed by atoms with Crippen LogP contribution in [-0.2, 0) is 22.6 Å². The molecule has 2 aromatic rings. The molecule has 0 saturated carbocycles. The minimum Gasteiger partial charge on any atom is -0.493 e. The summed E-state index contributed by atoms with van der Waals surface area (Å²) in [4.78, 5) is 11.7. The van der Waals surface area contributed by atoms with Crippen molar-refractivity contribution in [3.8, 4) is 11.5 Å². The lowest BCUT2D eigenvalue weighted by atomic mass is 10.2. The highest BCUT2D eigenvalue weighted by Gasteiger charge is 2.07. The molecule has 1 amide bonds. The predicted octanol–water partition coefficient (Wildman–Crippen LogP) is 3.10. The number of methoxy groups -OCH3 is 2. The topological polar surface area (TPSA) is 66.0 Å². The minimum atomic E-state index is -0.475. The Morgan fingerprint density at radius 1 is 1.00 bits per heavy atom. The zero-order chi connectivity index (χ0) is 17.2. The highest BCUT2D eigenvalue weighted by atomic mass is 16.7. The Hall–Kier alpha value is -2.73. The van der Waals surface area contributed by atoms with E-state index < -0.39 is 6.09 Å². The van der Waals surface area contributed by atoms with Gasteiger partial charge in [0.15, 0.2) is 18.3 Å². The molecule has 128 valence electrons. The summed E-state index contributed by atoms with van der Waals surface area (Å²) in [5, 5.41) is 2.70. The number of hydrogen-bond acceptors (Lipinski definition) is 5. The molecule has 0 spiro atoms. The molecule has 0 aliphatic carbocycles. The van der Waals surface area contributed by atoms with Crippen molar-refractivity contribution in [2.75, 3.05) is 21.0 Å². The van der Waals surface area contributed by atoms with Crippen molar-refractivity contribution in [1.82, 2.24) is 5.32 Å². The molecule has 0 atom stereocenters.